The molecule has 1 N–H and O–H groups in total. The molecule has 1 aromatic carbocycles. The third-order valence-electron chi connectivity index (χ3n) is 5.38. The lowest BCUT2D eigenvalue weighted by atomic mass is 9.89. The lowest BCUT2D eigenvalue weighted by molar-refractivity contribution is -0.140. The zero-order valence-corrected chi connectivity index (χ0v) is 19.3. The first-order valence-electron chi connectivity index (χ1n) is 10.2. The van der Waals surface area contributed by atoms with Crippen LogP contribution in [0, 0.1) is 11.7 Å². The number of carbonyl (C=O) groups is 2. The first-order valence-corrected chi connectivity index (χ1v) is 12.0. The van der Waals surface area contributed by atoms with Crippen LogP contribution in [0.2, 0.25) is 0 Å². The number of ether oxygens (including phenoxy) is 1. The molecular weight excluding hydrogens is 453 g/mol. The van der Waals surface area contributed by atoms with Crippen molar-refractivity contribution in [3.63, 3.8) is 0 Å². The van der Waals surface area contributed by atoms with E-state index in [1.165, 1.54) is 35.1 Å². The average molecular weight is 476 g/mol. The Kier molecular flexibility index (Phi) is 6.61. The largest absolute Gasteiger partial charge is 0.468 e. The van der Waals surface area contributed by atoms with Gasteiger partial charge >= 0.3 is 5.97 Å². The van der Waals surface area contributed by atoms with Crippen LogP contribution in [0.5, 0.6) is 0 Å². The number of carbonyl (C=O) groups excluding carboxylic acids is 2. The van der Waals surface area contributed by atoms with Gasteiger partial charge in [0.1, 0.15) is 17.2 Å². The summed E-state index contributed by atoms with van der Waals surface area (Å²) in [4.78, 5) is 43.4. The predicted octanol–water partition coefficient (Wildman–Crippen LogP) is 3.09. The molecule has 1 atom stereocenters. The number of hydrogen-bond donors (Lipinski definition) is 1. The number of nitrogens with zero attached hydrogens (tertiary/aromatic N) is 2. The first kappa shape index (κ1) is 22.5. The van der Waals surface area contributed by atoms with Gasteiger partial charge in [0.2, 0.25) is 5.91 Å². The molecule has 1 unspecified atom stereocenters. The predicted molar refractivity (Wildman–Crippen MR) is 122 cm³/mol. The number of fused-ring (bicyclic) bond motifs is 3. The van der Waals surface area contributed by atoms with Crippen molar-refractivity contribution in [3.05, 3.63) is 50.9 Å². The second-order valence-electron chi connectivity index (χ2n) is 7.66. The van der Waals surface area contributed by atoms with Gasteiger partial charge in [-0.1, -0.05) is 30.8 Å². The highest BCUT2D eigenvalue weighted by Gasteiger charge is 2.26. The van der Waals surface area contributed by atoms with Gasteiger partial charge in [0.25, 0.3) is 5.56 Å². The summed E-state index contributed by atoms with van der Waals surface area (Å²) < 4.78 is 20.4. The minimum atomic E-state index is -0.565. The first-order chi connectivity index (χ1) is 15.4. The van der Waals surface area contributed by atoms with Crippen LogP contribution in [0.3, 0.4) is 0 Å². The van der Waals surface area contributed by atoms with Gasteiger partial charge in [-0.2, -0.15) is 0 Å². The second-order valence-corrected chi connectivity index (χ2v) is 9.69. The van der Waals surface area contributed by atoms with Gasteiger partial charge in [-0.05, 0) is 42.9 Å². The highest BCUT2D eigenvalue weighted by Crippen LogP contribution is 2.37. The lowest BCUT2D eigenvalue weighted by Gasteiger charge is -2.18. The Hall–Kier alpha value is -2.72. The minimum absolute atomic E-state index is 0.0912. The number of aryl methyl sites for hydroxylation is 1. The summed E-state index contributed by atoms with van der Waals surface area (Å²) >= 11 is 2.52. The molecule has 0 saturated carbocycles. The monoisotopic (exact) mass is 475 g/mol. The van der Waals surface area contributed by atoms with Gasteiger partial charge in [0, 0.05) is 4.88 Å². The number of esters is 1. The highest BCUT2D eigenvalue weighted by molar-refractivity contribution is 7.99. The molecule has 3 aromatic rings. The molecule has 4 rings (SSSR count). The third kappa shape index (κ3) is 4.42. The highest BCUT2D eigenvalue weighted by atomic mass is 32.2. The summed E-state index contributed by atoms with van der Waals surface area (Å²) in [5.74, 6) is -1.09. The van der Waals surface area contributed by atoms with Crippen molar-refractivity contribution in [2.45, 2.75) is 31.3 Å². The number of halogens is 1. The van der Waals surface area contributed by atoms with Crippen molar-refractivity contribution >= 4 is 45.2 Å². The van der Waals surface area contributed by atoms with E-state index in [-0.39, 0.29) is 28.7 Å². The van der Waals surface area contributed by atoms with Gasteiger partial charge in [-0.25, -0.2) is 9.37 Å². The summed E-state index contributed by atoms with van der Waals surface area (Å²) in [6.45, 7) is 1.94. The number of benzene rings is 1. The number of thiophene rings is 1. The molecule has 2 aromatic heterocycles. The molecule has 0 aliphatic heterocycles. The van der Waals surface area contributed by atoms with Crippen LogP contribution in [0.4, 0.5) is 4.39 Å². The Labute approximate surface area is 192 Å². The number of para-hydroxylation sites is 1. The number of aromatic nitrogens is 2. The number of methoxy groups -OCH3 is 1. The number of nitrogens with one attached hydrogen (secondary N) is 1. The van der Waals surface area contributed by atoms with Gasteiger partial charge in [-0.15, -0.1) is 11.3 Å². The smallest absolute Gasteiger partial charge is 0.325 e. The molecule has 1 amide bonds. The van der Waals surface area contributed by atoms with Crippen molar-refractivity contribution in [2.24, 2.45) is 5.92 Å². The van der Waals surface area contributed by atoms with Gasteiger partial charge < -0.3 is 10.1 Å². The summed E-state index contributed by atoms with van der Waals surface area (Å²) in [6.07, 6.45) is 2.69. The molecule has 1 aliphatic rings. The maximum absolute atomic E-state index is 14.7. The van der Waals surface area contributed by atoms with Crippen LogP contribution in [0.25, 0.3) is 15.9 Å². The Morgan fingerprint density at radius 2 is 2.16 bits per heavy atom. The Morgan fingerprint density at radius 1 is 1.38 bits per heavy atom. The number of thioether (sulfide) groups is 1. The van der Waals surface area contributed by atoms with Crippen LogP contribution in [0.1, 0.15) is 23.8 Å². The summed E-state index contributed by atoms with van der Waals surface area (Å²) in [5.41, 5.74) is 0.774. The molecule has 0 bridgehead atoms. The SMILES string of the molecule is COC(=O)CNC(=O)CSc1nc2sc3c(c2c(=O)n1-c1ccccc1F)CCC(C)C3. The standard InChI is InChI=1S/C22H22FN3O4S2/c1-12-7-8-13-16(9-12)32-20-19(13)21(29)26(15-6-4-3-5-14(15)23)22(25-20)31-11-17(27)24-10-18(28)30-2/h3-6,12H,7-11H2,1-2H3,(H,24,27). The molecule has 2 heterocycles. The van der Waals surface area contributed by atoms with Crippen molar-refractivity contribution in [1.82, 2.24) is 14.9 Å². The van der Waals surface area contributed by atoms with E-state index in [2.05, 4.69) is 22.0 Å². The van der Waals surface area contributed by atoms with E-state index in [0.29, 0.717) is 16.1 Å². The van der Waals surface area contributed by atoms with Crippen LogP contribution in [0.15, 0.2) is 34.2 Å². The lowest BCUT2D eigenvalue weighted by Crippen LogP contribution is -2.31. The Morgan fingerprint density at radius 3 is 2.91 bits per heavy atom. The van der Waals surface area contributed by atoms with Crippen molar-refractivity contribution < 1.29 is 18.7 Å². The van der Waals surface area contributed by atoms with E-state index >= 15 is 0 Å². The fraction of sp³-hybridized carbons (Fsp3) is 0.364. The van der Waals surface area contributed by atoms with E-state index in [0.717, 1.165) is 41.5 Å². The van der Waals surface area contributed by atoms with E-state index < -0.39 is 17.7 Å². The molecule has 0 radical (unpaired) electrons. The molecule has 0 spiro atoms. The number of amides is 1. The quantitative estimate of drug-likeness (QED) is 0.335. The zero-order chi connectivity index (χ0) is 22.8. The van der Waals surface area contributed by atoms with Crippen molar-refractivity contribution in [1.29, 1.82) is 0 Å². The maximum atomic E-state index is 14.7. The zero-order valence-electron chi connectivity index (χ0n) is 17.6. The fourth-order valence-electron chi connectivity index (χ4n) is 3.74. The minimum Gasteiger partial charge on any atom is -0.468 e. The van der Waals surface area contributed by atoms with Crippen LogP contribution < -0.4 is 10.9 Å². The third-order valence-corrected chi connectivity index (χ3v) is 7.47. The molecule has 0 fully saturated rings. The Balaban J connectivity index is 1.76. The number of rotatable bonds is 6. The summed E-state index contributed by atoms with van der Waals surface area (Å²) in [7, 11) is 1.23. The summed E-state index contributed by atoms with van der Waals surface area (Å²) in [6, 6.07) is 6.01. The summed E-state index contributed by atoms with van der Waals surface area (Å²) in [5, 5.41) is 3.22. The average Bonchev–Trinajstić information content (AvgIpc) is 3.14. The molecular formula is C22H22FN3O4S2. The van der Waals surface area contributed by atoms with Gasteiger partial charge in [0.15, 0.2) is 5.16 Å². The maximum Gasteiger partial charge on any atom is 0.325 e. The fourth-order valence-corrected chi connectivity index (χ4v) is 6.00. The molecule has 7 nitrogen and oxygen atoms in total. The van der Waals surface area contributed by atoms with Crippen LogP contribution in [-0.4, -0.2) is 40.8 Å². The second kappa shape index (κ2) is 9.41. The van der Waals surface area contributed by atoms with E-state index in [9.17, 15) is 18.8 Å². The van der Waals surface area contributed by atoms with E-state index in [1.54, 1.807) is 12.1 Å². The van der Waals surface area contributed by atoms with Crippen LogP contribution in [-0.2, 0) is 27.2 Å². The van der Waals surface area contributed by atoms with E-state index in [1.807, 2.05) is 0 Å². The molecule has 168 valence electrons. The number of hydrogen-bond acceptors (Lipinski definition) is 7. The molecule has 10 heteroatoms. The Bertz CT molecular complexity index is 1250. The van der Waals surface area contributed by atoms with Crippen molar-refractivity contribution in [2.75, 3.05) is 19.4 Å². The van der Waals surface area contributed by atoms with Crippen LogP contribution >= 0.6 is 23.1 Å². The van der Waals surface area contributed by atoms with Crippen molar-refractivity contribution in [3.8, 4) is 5.69 Å². The molecule has 0 saturated heterocycles. The normalized spacial score (nSPS) is 15.4. The van der Waals surface area contributed by atoms with Gasteiger partial charge in [-0.3, -0.25) is 19.0 Å². The molecule has 32 heavy (non-hydrogen) atoms. The topological polar surface area (TPSA) is 90.3 Å². The van der Waals surface area contributed by atoms with E-state index in [4.69, 9.17) is 0 Å². The van der Waals surface area contributed by atoms with Gasteiger partial charge in [0.05, 0.1) is 23.9 Å². The molecule has 1 aliphatic carbocycles.